The molecule has 0 aliphatic rings. The fourth-order valence-corrected chi connectivity index (χ4v) is 1.81. The van der Waals surface area contributed by atoms with Crippen molar-refractivity contribution >= 4 is 17.6 Å². The zero-order valence-corrected chi connectivity index (χ0v) is 9.93. The monoisotopic (exact) mass is 246 g/mol. The Kier molecular flexibility index (Phi) is 3.75. The van der Waals surface area contributed by atoms with Crippen molar-refractivity contribution in [3.63, 3.8) is 0 Å². The number of hydrogen-bond acceptors (Lipinski definition) is 2. The van der Waals surface area contributed by atoms with Crippen LogP contribution in [0.5, 0.6) is 5.75 Å². The molecule has 0 saturated heterocycles. The van der Waals surface area contributed by atoms with E-state index in [1.54, 1.807) is 6.92 Å². The number of carboxylic acids is 1. The molecule has 0 aromatic heterocycles. The second kappa shape index (κ2) is 4.70. The van der Waals surface area contributed by atoms with Crippen LogP contribution in [-0.4, -0.2) is 18.2 Å². The van der Waals surface area contributed by atoms with Crippen molar-refractivity contribution in [3.8, 4) is 5.75 Å². The Morgan fingerprint density at radius 2 is 2.19 bits per heavy atom. The molecule has 0 spiro atoms. The van der Waals surface area contributed by atoms with E-state index in [2.05, 4.69) is 0 Å². The molecule has 0 radical (unpaired) electrons. The Balaban J connectivity index is 3.50. The quantitative estimate of drug-likeness (QED) is 0.892. The van der Waals surface area contributed by atoms with Crippen molar-refractivity contribution < 1.29 is 19.0 Å². The van der Waals surface area contributed by atoms with Gasteiger partial charge in [0.05, 0.1) is 18.1 Å². The lowest BCUT2D eigenvalue weighted by Crippen LogP contribution is -2.12. The third-order valence-corrected chi connectivity index (χ3v) is 2.67. The maximum atomic E-state index is 13.8. The Morgan fingerprint density at radius 3 is 2.62 bits per heavy atom. The number of hydrogen-bond donors (Lipinski definition) is 1. The minimum absolute atomic E-state index is 0.0139. The van der Waals surface area contributed by atoms with Gasteiger partial charge in [-0.3, -0.25) is 4.79 Å². The SMILES string of the molecule is COc1c(C)cc(Cl)c(F)c1C(C)C(=O)O. The summed E-state index contributed by atoms with van der Waals surface area (Å²) in [6.07, 6.45) is 0. The van der Waals surface area contributed by atoms with Crippen molar-refractivity contribution in [3.05, 3.63) is 28.0 Å². The second-order valence-corrected chi connectivity index (χ2v) is 3.90. The maximum absolute atomic E-state index is 13.8. The van der Waals surface area contributed by atoms with Gasteiger partial charge in [0.2, 0.25) is 0 Å². The number of carbonyl (C=O) groups is 1. The van der Waals surface area contributed by atoms with Crippen LogP contribution in [0.3, 0.4) is 0 Å². The van der Waals surface area contributed by atoms with Crippen LogP contribution < -0.4 is 4.74 Å². The van der Waals surface area contributed by atoms with Gasteiger partial charge in [-0.25, -0.2) is 4.39 Å². The molecule has 0 heterocycles. The third-order valence-electron chi connectivity index (χ3n) is 2.40. The van der Waals surface area contributed by atoms with Crippen LogP contribution >= 0.6 is 11.6 Å². The number of benzene rings is 1. The van der Waals surface area contributed by atoms with Crippen molar-refractivity contribution in [2.45, 2.75) is 19.8 Å². The van der Waals surface area contributed by atoms with Gasteiger partial charge in [-0.2, -0.15) is 0 Å². The first-order valence-corrected chi connectivity index (χ1v) is 5.03. The predicted molar refractivity (Wildman–Crippen MR) is 58.7 cm³/mol. The normalized spacial score (nSPS) is 12.3. The average Bonchev–Trinajstić information content (AvgIpc) is 2.21. The fraction of sp³-hybridized carbons (Fsp3) is 0.364. The number of ether oxygens (including phenoxy) is 1. The van der Waals surface area contributed by atoms with Crippen molar-refractivity contribution in [2.24, 2.45) is 0 Å². The Morgan fingerprint density at radius 1 is 1.62 bits per heavy atom. The molecule has 5 heteroatoms. The minimum Gasteiger partial charge on any atom is -0.496 e. The van der Waals surface area contributed by atoms with E-state index >= 15 is 0 Å². The zero-order valence-electron chi connectivity index (χ0n) is 9.17. The van der Waals surface area contributed by atoms with Gasteiger partial charge in [0.25, 0.3) is 0 Å². The average molecular weight is 247 g/mol. The highest BCUT2D eigenvalue weighted by molar-refractivity contribution is 6.31. The number of rotatable bonds is 3. The molecule has 1 unspecified atom stereocenters. The molecule has 0 saturated carbocycles. The number of aryl methyl sites for hydroxylation is 1. The minimum atomic E-state index is -1.13. The van der Waals surface area contributed by atoms with Crippen molar-refractivity contribution in [1.29, 1.82) is 0 Å². The number of aliphatic carboxylic acids is 1. The molecule has 3 nitrogen and oxygen atoms in total. The molecule has 0 bridgehead atoms. The summed E-state index contributed by atoms with van der Waals surface area (Å²) in [5.74, 6) is -2.64. The summed E-state index contributed by atoms with van der Waals surface area (Å²) in [6, 6.07) is 1.41. The van der Waals surface area contributed by atoms with E-state index in [0.717, 1.165) is 0 Å². The third kappa shape index (κ3) is 2.11. The van der Waals surface area contributed by atoms with Crippen molar-refractivity contribution in [2.75, 3.05) is 7.11 Å². The molecule has 0 fully saturated rings. The molecule has 0 aliphatic heterocycles. The van der Waals surface area contributed by atoms with Gasteiger partial charge in [-0.05, 0) is 25.5 Å². The number of carboxylic acid groups (broad SMARTS) is 1. The topological polar surface area (TPSA) is 46.5 Å². The lowest BCUT2D eigenvalue weighted by Gasteiger charge is -2.16. The summed E-state index contributed by atoms with van der Waals surface area (Å²) < 4.78 is 18.8. The van der Waals surface area contributed by atoms with Gasteiger partial charge in [-0.1, -0.05) is 11.6 Å². The van der Waals surface area contributed by atoms with Crippen LogP contribution in [0, 0.1) is 12.7 Å². The first kappa shape index (κ1) is 12.8. The first-order valence-electron chi connectivity index (χ1n) is 4.65. The number of halogens is 2. The molecule has 1 N–H and O–H groups in total. The zero-order chi connectivity index (χ0) is 12.5. The van der Waals surface area contributed by atoms with E-state index < -0.39 is 17.7 Å². The summed E-state index contributed by atoms with van der Waals surface area (Å²) in [7, 11) is 1.37. The Bertz CT molecular complexity index is 432. The van der Waals surface area contributed by atoms with Crippen LogP contribution in [0.15, 0.2) is 6.07 Å². The molecule has 0 amide bonds. The lowest BCUT2D eigenvalue weighted by molar-refractivity contribution is -0.138. The molecule has 1 atom stereocenters. The van der Waals surface area contributed by atoms with Crippen LogP contribution in [-0.2, 0) is 4.79 Å². The fourth-order valence-electron chi connectivity index (χ4n) is 1.54. The van der Waals surface area contributed by atoms with E-state index in [1.807, 2.05) is 0 Å². The molecule has 1 rings (SSSR count). The largest absolute Gasteiger partial charge is 0.496 e. The molecule has 1 aromatic rings. The van der Waals surface area contributed by atoms with E-state index in [1.165, 1.54) is 20.1 Å². The van der Waals surface area contributed by atoms with Gasteiger partial charge < -0.3 is 9.84 Å². The summed E-state index contributed by atoms with van der Waals surface area (Å²) >= 11 is 5.67. The second-order valence-electron chi connectivity index (χ2n) is 3.50. The van der Waals surface area contributed by atoms with Crippen LogP contribution in [0.1, 0.15) is 24.0 Å². The smallest absolute Gasteiger partial charge is 0.310 e. The highest BCUT2D eigenvalue weighted by atomic mass is 35.5. The molecular formula is C11H12ClFO3. The standard InChI is InChI=1S/C11H12ClFO3/c1-5-4-7(12)9(13)8(10(5)16-3)6(2)11(14)15/h4,6H,1-3H3,(H,14,15). The van der Waals surface area contributed by atoms with Crippen LogP contribution in [0.4, 0.5) is 4.39 Å². The van der Waals surface area contributed by atoms with Crippen molar-refractivity contribution in [1.82, 2.24) is 0 Å². The van der Waals surface area contributed by atoms with E-state index in [-0.39, 0.29) is 16.3 Å². The van der Waals surface area contributed by atoms with Gasteiger partial charge in [0, 0.05) is 5.56 Å². The van der Waals surface area contributed by atoms with Gasteiger partial charge in [0.15, 0.2) is 0 Å². The molecule has 0 aliphatic carbocycles. The van der Waals surface area contributed by atoms with Gasteiger partial charge in [0.1, 0.15) is 11.6 Å². The Labute approximate surface area is 97.8 Å². The highest BCUT2D eigenvalue weighted by Gasteiger charge is 2.25. The summed E-state index contributed by atoms with van der Waals surface area (Å²) in [6.45, 7) is 3.07. The Hall–Kier alpha value is -1.29. The van der Waals surface area contributed by atoms with Gasteiger partial charge in [-0.15, -0.1) is 0 Å². The van der Waals surface area contributed by atoms with Crippen LogP contribution in [0.2, 0.25) is 5.02 Å². The maximum Gasteiger partial charge on any atom is 0.310 e. The molecule has 88 valence electrons. The molecular weight excluding hydrogens is 235 g/mol. The number of methoxy groups -OCH3 is 1. The summed E-state index contributed by atoms with van der Waals surface area (Å²) in [5, 5.41) is 8.80. The van der Waals surface area contributed by atoms with E-state index in [9.17, 15) is 9.18 Å². The molecule has 16 heavy (non-hydrogen) atoms. The lowest BCUT2D eigenvalue weighted by atomic mass is 9.97. The first-order chi connectivity index (χ1) is 7.40. The van der Waals surface area contributed by atoms with E-state index in [0.29, 0.717) is 5.56 Å². The predicted octanol–water partition coefficient (Wildman–Crippen LogP) is 2.98. The highest BCUT2D eigenvalue weighted by Crippen LogP contribution is 2.36. The van der Waals surface area contributed by atoms with E-state index in [4.69, 9.17) is 21.4 Å². The van der Waals surface area contributed by atoms with Crippen LogP contribution in [0.25, 0.3) is 0 Å². The summed E-state index contributed by atoms with van der Waals surface area (Å²) in [4.78, 5) is 10.9. The molecule has 1 aromatic carbocycles. The van der Waals surface area contributed by atoms with Gasteiger partial charge >= 0.3 is 5.97 Å². The summed E-state index contributed by atoms with van der Waals surface area (Å²) in [5.41, 5.74) is 0.594.